The van der Waals surface area contributed by atoms with Gasteiger partial charge >= 0.3 is 0 Å². The van der Waals surface area contributed by atoms with Crippen molar-refractivity contribution in [3.63, 3.8) is 0 Å². The van der Waals surface area contributed by atoms with Gasteiger partial charge in [0.2, 0.25) is 5.91 Å². The lowest BCUT2D eigenvalue weighted by atomic mass is 9.95. The summed E-state index contributed by atoms with van der Waals surface area (Å²) in [7, 11) is 0. The van der Waals surface area contributed by atoms with E-state index in [-0.39, 0.29) is 5.92 Å². The molecule has 3 rings (SSSR count). The summed E-state index contributed by atoms with van der Waals surface area (Å²) < 4.78 is 10.9. The highest BCUT2D eigenvalue weighted by molar-refractivity contribution is 5.82. The quantitative estimate of drug-likeness (QED) is 0.386. The summed E-state index contributed by atoms with van der Waals surface area (Å²) in [5.74, 6) is 1.48. The molecular formula is C21H38N4O3. The third-order valence-electron chi connectivity index (χ3n) is 6.30. The molecule has 0 aromatic heterocycles. The van der Waals surface area contributed by atoms with E-state index in [1.807, 2.05) is 4.90 Å². The summed E-state index contributed by atoms with van der Waals surface area (Å²) in [6.45, 7) is 12.2. The third-order valence-corrected chi connectivity index (χ3v) is 6.30. The second-order valence-corrected chi connectivity index (χ2v) is 8.32. The van der Waals surface area contributed by atoms with Gasteiger partial charge in [-0.3, -0.25) is 9.79 Å². The van der Waals surface area contributed by atoms with Gasteiger partial charge in [-0.2, -0.15) is 0 Å². The fraction of sp³-hybridized carbons (Fsp3) is 0.905. The first-order chi connectivity index (χ1) is 13.7. The van der Waals surface area contributed by atoms with Crippen LogP contribution in [0.5, 0.6) is 0 Å². The third kappa shape index (κ3) is 5.83. The maximum absolute atomic E-state index is 12.7. The van der Waals surface area contributed by atoms with Crippen molar-refractivity contribution in [2.75, 3.05) is 65.7 Å². The number of nitrogens with zero attached hydrogens (tertiary/aromatic N) is 3. The van der Waals surface area contributed by atoms with Gasteiger partial charge in [-0.05, 0) is 51.4 Å². The van der Waals surface area contributed by atoms with E-state index >= 15 is 0 Å². The SMILES string of the molecule is CCNC(=NCC1(CCOCC)CC1)N1CCC(C(=O)N2CCOCC2)CC1. The lowest BCUT2D eigenvalue weighted by Gasteiger charge is -2.37. The van der Waals surface area contributed by atoms with E-state index in [0.717, 1.165) is 77.7 Å². The summed E-state index contributed by atoms with van der Waals surface area (Å²) in [4.78, 5) is 22.0. The number of carbonyl (C=O) groups excluding carboxylic acids is 1. The first-order valence-electron chi connectivity index (χ1n) is 11.1. The first kappa shape index (κ1) is 21.4. The number of carbonyl (C=O) groups is 1. The molecule has 1 amide bonds. The van der Waals surface area contributed by atoms with Crippen LogP contribution in [-0.4, -0.2) is 87.4 Å². The van der Waals surface area contributed by atoms with E-state index in [0.29, 0.717) is 24.5 Å². The van der Waals surface area contributed by atoms with Crippen LogP contribution in [0.3, 0.4) is 0 Å². The minimum atomic E-state index is 0.151. The molecule has 0 unspecified atom stereocenters. The zero-order valence-corrected chi connectivity index (χ0v) is 17.8. The van der Waals surface area contributed by atoms with Crippen molar-refractivity contribution in [2.45, 2.75) is 46.0 Å². The van der Waals surface area contributed by atoms with Crippen LogP contribution in [0.2, 0.25) is 0 Å². The van der Waals surface area contributed by atoms with Crippen LogP contribution >= 0.6 is 0 Å². The Bertz CT molecular complexity index is 522. The van der Waals surface area contributed by atoms with Crippen LogP contribution in [-0.2, 0) is 14.3 Å². The molecule has 3 aliphatic rings. The summed E-state index contributed by atoms with van der Waals surface area (Å²) >= 11 is 0. The summed E-state index contributed by atoms with van der Waals surface area (Å²) in [6.07, 6.45) is 5.46. The number of ether oxygens (including phenoxy) is 2. The maximum atomic E-state index is 12.7. The molecule has 2 saturated heterocycles. The average molecular weight is 395 g/mol. The zero-order valence-electron chi connectivity index (χ0n) is 17.8. The molecule has 0 radical (unpaired) electrons. The summed E-state index contributed by atoms with van der Waals surface area (Å²) in [6, 6.07) is 0. The van der Waals surface area contributed by atoms with Crippen LogP contribution in [0, 0.1) is 11.3 Å². The van der Waals surface area contributed by atoms with Crippen LogP contribution in [0.4, 0.5) is 0 Å². The predicted molar refractivity (Wildman–Crippen MR) is 110 cm³/mol. The fourth-order valence-corrected chi connectivity index (χ4v) is 4.15. The molecule has 0 atom stereocenters. The Morgan fingerprint density at radius 1 is 1.14 bits per heavy atom. The second kappa shape index (κ2) is 10.4. The van der Waals surface area contributed by atoms with E-state index < -0.39 is 0 Å². The predicted octanol–water partition coefficient (Wildman–Crippen LogP) is 1.73. The summed E-state index contributed by atoms with van der Waals surface area (Å²) in [5.41, 5.74) is 0.362. The Morgan fingerprint density at radius 3 is 2.46 bits per heavy atom. The first-order valence-corrected chi connectivity index (χ1v) is 11.1. The fourth-order valence-electron chi connectivity index (χ4n) is 4.15. The Labute approximate surface area is 169 Å². The van der Waals surface area contributed by atoms with E-state index in [2.05, 4.69) is 24.1 Å². The maximum Gasteiger partial charge on any atom is 0.225 e. The van der Waals surface area contributed by atoms with Gasteiger partial charge in [0.05, 0.1) is 13.2 Å². The largest absolute Gasteiger partial charge is 0.382 e. The minimum absolute atomic E-state index is 0.151. The lowest BCUT2D eigenvalue weighted by molar-refractivity contribution is -0.140. The number of hydrogen-bond acceptors (Lipinski definition) is 4. The number of piperidine rings is 1. The van der Waals surface area contributed by atoms with Crippen molar-refractivity contribution in [3.8, 4) is 0 Å². The van der Waals surface area contributed by atoms with Crippen molar-refractivity contribution in [3.05, 3.63) is 0 Å². The van der Waals surface area contributed by atoms with Gasteiger partial charge in [-0.25, -0.2) is 0 Å². The van der Waals surface area contributed by atoms with E-state index in [1.165, 1.54) is 12.8 Å². The van der Waals surface area contributed by atoms with Crippen LogP contribution in [0.25, 0.3) is 0 Å². The Kier molecular flexibility index (Phi) is 7.97. The molecule has 160 valence electrons. The molecule has 0 aromatic rings. The van der Waals surface area contributed by atoms with Crippen molar-refractivity contribution >= 4 is 11.9 Å². The van der Waals surface area contributed by atoms with Gasteiger partial charge in [-0.15, -0.1) is 0 Å². The van der Waals surface area contributed by atoms with Crippen LogP contribution < -0.4 is 5.32 Å². The Morgan fingerprint density at radius 2 is 1.86 bits per heavy atom. The average Bonchev–Trinajstić information content (AvgIpc) is 3.51. The molecule has 7 nitrogen and oxygen atoms in total. The van der Waals surface area contributed by atoms with Gasteiger partial charge in [0.1, 0.15) is 0 Å². The molecule has 0 spiro atoms. The molecule has 2 aliphatic heterocycles. The molecule has 3 fully saturated rings. The highest BCUT2D eigenvalue weighted by Gasteiger charge is 2.42. The number of nitrogens with one attached hydrogen (secondary N) is 1. The molecular weight excluding hydrogens is 356 g/mol. The number of likely N-dealkylation sites (tertiary alicyclic amines) is 1. The monoisotopic (exact) mass is 394 g/mol. The topological polar surface area (TPSA) is 66.4 Å². The molecule has 1 aliphatic carbocycles. The number of rotatable bonds is 8. The molecule has 7 heteroatoms. The molecule has 0 bridgehead atoms. The van der Waals surface area contributed by atoms with Crippen molar-refractivity contribution in [1.29, 1.82) is 0 Å². The minimum Gasteiger partial charge on any atom is -0.382 e. The van der Waals surface area contributed by atoms with Gasteiger partial charge in [0.25, 0.3) is 0 Å². The van der Waals surface area contributed by atoms with Gasteiger partial charge in [-0.1, -0.05) is 0 Å². The van der Waals surface area contributed by atoms with Crippen molar-refractivity contribution in [2.24, 2.45) is 16.3 Å². The number of amides is 1. The normalized spacial score (nSPS) is 23.0. The second-order valence-electron chi connectivity index (χ2n) is 8.32. The smallest absolute Gasteiger partial charge is 0.225 e. The highest BCUT2D eigenvalue weighted by atomic mass is 16.5. The van der Waals surface area contributed by atoms with Gasteiger partial charge < -0.3 is 24.6 Å². The van der Waals surface area contributed by atoms with Crippen molar-refractivity contribution in [1.82, 2.24) is 15.1 Å². The zero-order chi connectivity index (χ0) is 19.8. The number of morpholine rings is 1. The van der Waals surface area contributed by atoms with Gasteiger partial charge in [0, 0.05) is 58.4 Å². The molecule has 1 saturated carbocycles. The number of guanidine groups is 1. The van der Waals surface area contributed by atoms with E-state index in [1.54, 1.807) is 0 Å². The number of hydrogen-bond donors (Lipinski definition) is 1. The van der Waals surface area contributed by atoms with Gasteiger partial charge in [0.15, 0.2) is 5.96 Å². The molecule has 1 N–H and O–H groups in total. The lowest BCUT2D eigenvalue weighted by Crippen LogP contribution is -2.50. The van der Waals surface area contributed by atoms with E-state index in [9.17, 15) is 4.79 Å². The molecule has 28 heavy (non-hydrogen) atoms. The molecule has 2 heterocycles. The standard InChI is InChI=1S/C21H38N4O3/c1-3-22-20(23-17-21(7-8-21)9-14-27-4-2)25-10-5-18(6-11-25)19(26)24-12-15-28-16-13-24/h18H,3-17H2,1-2H3,(H,22,23). The highest BCUT2D eigenvalue weighted by Crippen LogP contribution is 2.49. The van der Waals surface area contributed by atoms with Crippen LogP contribution in [0.1, 0.15) is 46.0 Å². The number of aliphatic imine (C=N–C) groups is 1. The Balaban J connectivity index is 1.49. The van der Waals surface area contributed by atoms with Crippen molar-refractivity contribution < 1.29 is 14.3 Å². The molecule has 0 aromatic carbocycles. The van der Waals surface area contributed by atoms with E-state index in [4.69, 9.17) is 14.5 Å². The summed E-state index contributed by atoms with van der Waals surface area (Å²) in [5, 5.41) is 3.46. The van der Waals surface area contributed by atoms with Crippen LogP contribution in [0.15, 0.2) is 4.99 Å². The Hall–Kier alpha value is -1.34.